The average Bonchev–Trinajstić information content (AvgIpc) is 2.88. The van der Waals surface area contributed by atoms with Gasteiger partial charge in [-0.3, -0.25) is 5.32 Å². The highest BCUT2D eigenvalue weighted by atomic mass is 16.6. The summed E-state index contributed by atoms with van der Waals surface area (Å²) in [4.78, 5) is 12.4. The summed E-state index contributed by atoms with van der Waals surface area (Å²) in [6.45, 7) is 6.13. The van der Waals surface area contributed by atoms with Gasteiger partial charge in [-0.2, -0.15) is 0 Å². The van der Waals surface area contributed by atoms with Gasteiger partial charge < -0.3 is 9.47 Å². The summed E-state index contributed by atoms with van der Waals surface area (Å²) in [5.74, 6) is 2.75. The van der Waals surface area contributed by atoms with E-state index in [2.05, 4.69) is 24.4 Å². The first-order valence-corrected chi connectivity index (χ1v) is 9.22. The van der Waals surface area contributed by atoms with Crippen LogP contribution in [0.4, 0.5) is 10.5 Å². The van der Waals surface area contributed by atoms with E-state index in [1.165, 1.54) is 18.4 Å². The van der Waals surface area contributed by atoms with Gasteiger partial charge in [0.1, 0.15) is 6.10 Å². The number of benzene rings is 1. The van der Waals surface area contributed by atoms with Crippen molar-refractivity contribution in [2.24, 2.45) is 23.7 Å². The number of rotatable bonds is 2. The summed E-state index contributed by atoms with van der Waals surface area (Å²) in [6, 6.07) is 4.19. The van der Waals surface area contributed by atoms with Gasteiger partial charge in [0, 0.05) is 5.69 Å². The molecule has 0 spiro atoms. The summed E-state index contributed by atoms with van der Waals surface area (Å²) in [6.07, 6.45) is 4.31. The molecule has 3 saturated carbocycles. The Morgan fingerprint density at radius 2 is 1.88 bits per heavy atom. The van der Waals surface area contributed by atoms with E-state index in [-0.39, 0.29) is 12.2 Å². The maximum atomic E-state index is 12.4. The average molecular weight is 327 g/mol. The molecule has 128 valence electrons. The first-order chi connectivity index (χ1) is 11.5. The molecule has 4 heteroatoms. The third kappa shape index (κ3) is 2.12. The van der Waals surface area contributed by atoms with E-state index in [0.29, 0.717) is 24.0 Å². The standard InChI is InChI=1S/C20H25NO3/c1-9-4-10(2)18(11(3)5-9)21-20(22)24-15-7-12-6-13(15)14-8-16-19(23-16)17(12)14/h4-5,12-17,19H,6-8H2,1-3H3,(H,21,22)/t12-,13+,14+,15-,16+,17-,19-/m1/s1. The largest absolute Gasteiger partial charge is 0.446 e. The summed E-state index contributed by atoms with van der Waals surface area (Å²) >= 11 is 0. The Labute approximate surface area is 142 Å². The number of anilines is 1. The molecule has 0 aromatic heterocycles. The monoisotopic (exact) mass is 327 g/mol. The fourth-order valence-electron chi connectivity index (χ4n) is 6.05. The zero-order valence-electron chi connectivity index (χ0n) is 14.5. The lowest BCUT2D eigenvalue weighted by Crippen LogP contribution is -2.35. The minimum Gasteiger partial charge on any atom is -0.446 e. The Morgan fingerprint density at radius 3 is 2.62 bits per heavy atom. The summed E-state index contributed by atoms with van der Waals surface area (Å²) in [7, 11) is 0. The van der Waals surface area contributed by atoms with Crippen LogP contribution in [0.2, 0.25) is 0 Å². The van der Waals surface area contributed by atoms with Crippen LogP contribution in [0.15, 0.2) is 12.1 Å². The molecular formula is C20H25NO3. The molecule has 1 aliphatic heterocycles. The van der Waals surface area contributed by atoms with Crippen molar-refractivity contribution in [2.45, 2.75) is 58.3 Å². The molecule has 5 rings (SSSR count). The minimum absolute atomic E-state index is 0.0970. The molecular weight excluding hydrogens is 302 g/mol. The molecule has 1 aromatic rings. The SMILES string of the molecule is Cc1cc(C)c(NC(=O)O[C@@H]2C[C@H]3C[C@H]2[C@@H]2C[C@@H]4O[C@H]4[C@H]32)c(C)c1. The van der Waals surface area contributed by atoms with Gasteiger partial charge in [0.25, 0.3) is 0 Å². The number of hydrogen-bond donors (Lipinski definition) is 1. The third-order valence-electron chi connectivity index (χ3n) is 6.84. The number of epoxide rings is 1. The lowest BCUT2D eigenvalue weighted by Gasteiger charge is -2.32. The van der Waals surface area contributed by atoms with Crippen molar-refractivity contribution in [3.8, 4) is 0 Å². The van der Waals surface area contributed by atoms with E-state index >= 15 is 0 Å². The summed E-state index contributed by atoms with van der Waals surface area (Å²) in [5.41, 5.74) is 4.28. The summed E-state index contributed by atoms with van der Waals surface area (Å²) < 4.78 is 11.6. The number of hydrogen-bond acceptors (Lipinski definition) is 3. The number of carbonyl (C=O) groups excluding carboxylic acids is 1. The number of nitrogens with one attached hydrogen (secondary N) is 1. The molecule has 1 heterocycles. The Balaban J connectivity index is 1.26. The molecule has 2 bridgehead atoms. The normalized spacial score (nSPS) is 41.0. The van der Waals surface area contributed by atoms with E-state index in [1.54, 1.807) is 0 Å². The van der Waals surface area contributed by atoms with Crippen LogP contribution in [0.5, 0.6) is 0 Å². The van der Waals surface area contributed by atoms with E-state index in [4.69, 9.17) is 9.47 Å². The van der Waals surface area contributed by atoms with Crippen molar-refractivity contribution >= 4 is 11.8 Å². The van der Waals surface area contributed by atoms with Gasteiger partial charge >= 0.3 is 6.09 Å². The number of amides is 1. The molecule has 7 atom stereocenters. The zero-order chi connectivity index (χ0) is 16.6. The van der Waals surface area contributed by atoms with E-state index in [9.17, 15) is 4.79 Å². The first-order valence-electron chi connectivity index (χ1n) is 9.22. The number of carbonyl (C=O) groups is 1. The molecule has 1 N–H and O–H groups in total. The van der Waals surface area contributed by atoms with Crippen LogP contribution in [0.3, 0.4) is 0 Å². The molecule has 1 saturated heterocycles. The van der Waals surface area contributed by atoms with Crippen LogP contribution in [-0.2, 0) is 9.47 Å². The van der Waals surface area contributed by atoms with Crippen molar-refractivity contribution in [2.75, 3.05) is 5.32 Å². The second-order valence-electron chi connectivity index (χ2n) is 8.35. The quantitative estimate of drug-likeness (QED) is 0.836. The second kappa shape index (κ2) is 4.98. The van der Waals surface area contributed by atoms with Gasteiger partial charge in [0.15, 0.2) is 0 Å². The Kier molecular flexibility index (Phi) is 3.06. The van der Waals surface area contributed by atoms with Gasteiger partial charge in [-0.1, -0.05) is 17.7 Å². The topological polar surface area (TPSA) is 50.9 Å². The fraction of sp³-hybridized carbons (Fsp3) is 0.650. The van der Waals surface area contributed by atoms with Gasteiger partial charge in [-0.25, -0.2) is 4.79 Å². The highest BCUT2D eigenvalue weighted by Crippen LogP contribution is 2.64. The molecule has 4 aliphatic rings. The molecule has 0 radical (unpaired) electrons. The molecule has 1 aromatic carbocycles. The lowest BCUT2D eigenvalue weighted by atomic mass is 9.79. The molecule has 0 unspecified atom stereocenters. The summed E-state index contributed by atoms with van der Waals surface area (Å²) in [5, 5.41) is 2.98. The van der Waals surface area contributed by atoms with Gasteiger partial charge in [0.05, 0.1) is 12.2 Å². The van der Waals surface area contributed by atoms with Crippen molar-refractivity contribution in [3.63, 3.8) is 0 Å². The molecule has 1 amide bonds. The highest BCUT2D eigenvalue weighted by molar-refractivity contribution is 5.87. The van der Waals surface area contributed by atoms with E-state index in [0.717, 1.165) is 35.1 Å². The van der Waals surface area contributed by atoms with Gasteiger partial charge in [0.2, 0.25) is 0 Å². The Morgan fingerprint density at radius 1 is 1.12 bits per heavy atom. The molecule has 3 aliphatic carbocycles. The van der Waals surface area contributed by atoms with Crippen LogP contribution in [-0.4, -0.2) is 24.4 Å². The van der Waals surface area contributed by atoms with Crippen molar-refractivity contribution in [3.05, 3.63) is 28.8 Å². The van der Waals surface area contributed by atoms with Crippen LogP contribution < -0.4 is 5.32 Å². The fourth-order valence-corrected chi connectivity index (χ4v) is 6.05. The molecule has 4 nitrogen and oxygen atoms in total. The van der Waals surface area contributed by atoms with Crippen molar-refractivity contribution in [1.82, 2.24) is 0 Å². The van der Waals surface area contributed by atoms with E-state index in [1.807, 2.05) is 13.8 Å². The van der Waals surface area contributed by atoms with E-state index < -0.39 is 0 Å². The number of aryl methyl sites for hydroxylation is 3. The smallest absolute Gasteiger partial charge is 0.411 e. The third-order valence-corrected chi connectivity index (χ3v) is 6.84. The Bertz CT molecular complexity index is 692. The maximum absolute atomic E-state index is 12.4. The number of fused-ring (bicyclic) bond motifs is 7. The zero-order valence-corrected chi connectivity index (χ0v) is 14.5. The van der Waals surface area contributed by atoms with Crippen LogP contribution >= 0.6 is 0 Å². The van der Waals surface area contributed by atoms with Gasteiger partial charge in [-0.05, 0) is 74.8 Å². The Hall–Kier alpha value is -1.55. The molecule has 24 heavy (non-hydrogen) atoms. The maximum Gasteiger partial charge on any atom is 0.411 e. The van der Waals surface area contributed by atoms with Gasteiger partial charge in [-0.15, -0.1) is 0 Å². The second-order valence-corrected chi connectivity index (χ2v) is 8.35. The van der Waals surface area contributed by atoms with Crippen LogP contribution in [0, 0.1) is 44.4 Å². The first kappa shape index (κ1) is 14.8. The van der Waals surface area contributed by atoms with Crippen LogP contribution in [0.25, 0.3) is 0 Å². The van der Waals surface area contributed by atoms with Crippen molar-refractivity contribution < 1.29 is 14.3 Å². The minimum atomic E-state index is -0.293. The number of ether oxygens (including phenoxy) is 2. The highest BCUT2D eigenvalue weighted by Gasteiger charge is 2.67. The van der Waals surface area contributed by atoms with Crippen molar-refractivity contribution in [1.29, 1.82) is 0 Å². The van der Waals surface area contributed by atoms with Crippen LogP contribution in [0.1, 0.15) is 36.0 Å². The molecule has 4 fully saturated rings. The predicted octanol–water partition coefficient (Wildman–Crippen LogP) is 3.97. The lowest BCUT2D eigenvalue weighted by molar-refractivity contribution is 0.0251. The predicted molar refractivity (Wildman–Crippen MR) is 91.0 cm³/mol.